The molecule has 0 bridgehead atoms. The number of aryl methyl sites for hydroxylation is 1. The fraction of sp³-hybridized carbons (Fsp3) is 0.500. The van der Waals surface area contributed by atoms with Crippen LogP contribution in [0.2, 0.25) is 0 Å². The summed E-state index contributed by atoms with van der Waals surface area (Å²) in [5.41, 5.74) is 0.255. The van der Waals surface area contributed by atoms with Crippen molar-refractivity contribution >= 4 is 15.9 Å². The van der Waals surface area contributed by atoms with E-state index in [0.29, 0.717) is 52.0 Å². The number of rotatable bonds is 4. The molecule has 1 aromatic heterocycles. The van der Waals surface area contributed by atoms with Crippen LogP contribution in [0.15, 0.2) is 43.0 Å². The summed E-state index contributed by atoms with van der Waals surface area (Å²) in [4.78, 5) is 18.4. The van der Waals surface area contributed by atoms with Gasteiger partial charge in [-0.1, -0.05) is 18.2 Å². The Bertz CT molecular complexity index is 966. The summed E-state index contributed by atoms with van der Waals surface area (Å²) in [6.07, 6.45) is 8.11. The third-order valence-electron chi connectivity index (χ3n) is 5.75. The van der Waals surface area contributed by atoms with Crippen LogP contribution in [0.5, 0.6) is 5.75 Å². The monoisotopic (exact) mass is 418 g/mol. The van der Waals surface area contributed by atoms with Crippen LogP contribution < -0.4 is 4.74 Å². The normalized spacial score (nSPS) is 19.4. The lowest BCUT2D eigenvalue weighted by molar-refractivity contribution is -0.135. The van der Waals surface area contributed by atoms with Gasteiger partial charge in [-0.2, -0.15) is 4.31 Å². The molecule has 1 amide bonds. The maximum absolute atomic E-state index is 12.6. The molecule has 9 heteroatoms. The average molecular weight is 419 g/mol. The molecule has 1 saturated heterocycles. The van der Waals surface area contributed by atoms with Crippen molar-refractivity contribution in [3.8, 4) is 5.75 Å². The number of para-hydroxylation sites is 1. The largest absolute Gasteiger partial charge is 0.485 e. The van der Waals surface area contributed by atoms with Crippen LogP contribution in [-0.2, 0) is 27.9 Å². The molecular formula is C20H26N4O4S. The van der Waals surface area contributed by atoms with Crippen LogP contribution >= 0.6 is 0 Å². The van der Waals surface area contributed by atoms with Crippen LogP contribution in [0.4, 0.5) is 0 Å². The van der Waals surface area contributed by atoms with Crippen LogP contribution in [0.3, 0.4) is 0 Å². The number of carbonyl (C=O) groups is 1. The van der Waals surface area contributed by atoms with Crippen molar-refractivity contribution in [3.05, 3.63) is 48.5 Å². The molecule has 4 rings (SSSR count). The zero-order chi connectivity index (χ0) is 20.5. The molecular weight excluding hydrogens is 392 g/mol. The lowest BCUT2D eigenvalue weighted by atomic mass is 9.90. The zero-order valence-electron chi connectivity index (χ0n) is 16.5. The minimum Gasteiger partial charge on any atom is -0.485 e. The van der Waals surface area contributed by atoms with E-state index >= 15 is 0 Å². The van der Waals surface area contributed by atoms with Gasteiger partial charge in [-0.3, -0.25) is 4.79 Å². The van der Waals surface area contributed by atoms with E-state index < -0.39 is 15.6 Å². The van der Waals surface area contributed by atoms with Gasteiger partial charge in [-0.15, -0.1) is 0 Å². The SMILES string of the molecule is CS(=O)(=O)N1Cc2ccccc2OC2(CCN(C(=O)CCn3ccnc3)CC2)C1. The summed E-state index contributed by atoms with van der Waals surface area (Å²) in [6.45, 7) is 2.33. The minimum atomic E-state index is -3.37. The van der Waals surface area contributed by atoms with E-state index in [1.165, 1.54) is 10.6 Å². The number of carbonyl (C=O) groups excluding carboxylic acids is 1. The van der Waals surface area contributed by atoms with Crippen molar-refractivity contribution < 1.29 is 17.9 Å². The zero-order valence-corrected chi connectivity index (χ0v) is 17.3. The Balaban J connectivity index is 1.46. The van der Waals surface area contributed by atoms with Gasteiger partial charge in [0, 0.05) is 63.4 Å². The minimum absolute atomic E-state index is 0.0996. The van der Waals surface area contributed by atoms with Crippen LogP contribution in [-0.4, -0.2) is 64.6 Å². The first-order valence-electron chi connectivity index (χ1n) is 9.80. The summed E-state index contributed by atoms with van der Waals surface area (Å²) in [5, 5.41) is 0. The molecule has 0 atom stereocenters. The number of piperidine rings is 1. The van der Waals surface area contributed by atoms with Gasteiger partial charge >= 0.3 is 0 Å². The molecule has 8 nitrogen and oxygen atoms in total. The van der Waals surface area contributed by atoms with Gasteiger partial charge in [-0.25, -0.2) is 13.4 Å². The number of aromatic nitrogens is 2. The smallest absolute Gasteiger partial charge is 0.224 e. The molecule has 2 aliphatic rings. The molecule has 1 spiro atoms. The maximum Gasteiger partial charge on any atom is 0.224 e. The van der Waals surface area contributed by atoms with E-state index in [9.17, 15) is 13.2 Å². The number of sulfonamides is 1. The number of fused-ring (bicyclic) bond motifs is 1. The first-order valence-corrected chi connectivity index (χ1v) is 11.7. The van der Waals surface area contributed by atoms with E-state index in [1.54, 1.807) is 12.5 Å². The fourth-order valence-electron chi connectivity index (χ4n) is 4.03. The molecule has 156 valence electrons. The number of ether oxygens (including phenoxy) is 1. The summed E-state index contributed by atoms with van der Waals surface area (Å²) in [5.74, 6) is 0.834. The van der Waals surface area contributed by atoms with Gasteiger partial charge in [0.15, 0.2) is 0 Å². The molecule has 1 aromatic carbocycles. The number of amides is 1. The van der Waals surface area contributed by atoms with Crippen molar-refractivity contribution in [2.24, 2.45) is 0 Å². The molecule has 1 fully saturated rings. The first kappa shape index (κ1) is 19.9. The standard InChI is InChI=1S/C20H26N4O4S/c1-29(26,27)24-14-17-4-2-3-5-18(17)28-20(15-24)7-11-23(12-8-20)19(25)6-10-22-13-9-21-16-22/h2-5,9,13,16H,6-8,10-12,14-15H2,1H3. The lowest BCUT2D eigenvalue weighted by Gasteiger charge is -2.42. The van der Waals surface area contributed by atoms with E-state index in [0.717, 1.165) is 11.3 Å². The molecule has 0 N–H and O–H groups in total. The van der Waals surface area contributed by atoms with Crippen molar-refractivity contribution in [1.82, 2.24) is 18.8 Å². The molecule has 2 aromatic rings. The Morgan fingerprint density at radius 3 is 2.69 bits per heavy atom. The number of benzene rings is 1. The summed E-state index contributed by atoms with van der Waals surface area (Å²) >= 11 is 0. The van der Waals surface area contributed by atoms with E-state index in [1.807, 2.05) is 39.9 Å². The maximum atomic E-state index is 12.6. The summed E-state index contributed by atoms with van der Waals surface area (Å²) in [7, 11) is -3.37. The van der Waals surface area contributed by atoms with E-state index in [4.69, 9.17) is 4.74 Å². The Labute approximate surface area is 171 Å². The van der Waals surface area contributed by atoms with Crippen molar-refractivity contribution in [1.29, 1.82) is 0 Å². The van der Waals surface area contributed by atoms with Crippen LogP contribution in [0.1, 0.15) is 24.8 Å². The highest BCUT2D eigenvalue weighted by Crippen LogP contribution is 2.36. The third-order valence-corrected chi connectivity index (χ3v) is 6.95. The van der Waals surface area contributed by atoms with Gasteiger partial charge in [0.2, 0.25) is 15.9 Å². The second-order valence-electron chi connectivity index (χ2n) is 7.86. The van der Waals surface area contributed by atoms with Gasteiger partial charge < -0.3 is 14.2 Å². The molecule has 29 heavy (non-hydrogen) atoms. The third kappa shape index (κ3) is 4.45. The lowest BCUT2D eigenvalue weighted by Crippen LogP contribution is -2.55. The highest BCUT2D eigenvalue weighted by atomic mass is 32.2. The Kier molecular flexibility index (Phi) is 5.35. The Hall–Kier alpha value is -2.39. The molecule has 2 aliphatic heterocycles. The topological polar surface area (TPSA) is 84.7 Å². The van der Waals surface area contributed by atoms with Crippen molar-refractivity contribution in [2.45, 2.75) is 38.0 Å². The Morgan fingerprint density at radius 2 is 2.00 bits per heavy atom. The Morgan fingerprint density at radius 1 is 1.24 bits per heavy atom. The quantitative estimate of drug-likeness (QED) is 0.751. The predicted octanol–water partition coefficient (Wildman–Crippen LogP) is 1.49. The molecule has 0 aliphatic carbocycles. The van der Waals surface area contributed by atoms with Gasteiger partial charge in [0.05, 0.1) is 19.1 Å². The van der Waals surface area contributed by atoms with Gasteiger partial charge in [0.25, 0.3) is 0 Å². The van der Waals surface area contributed by atoms with E-state index in [-0.39, 0.29) is 5.91 Å². The number of hydrogen-bond acceptors (Lipinski definition) is 5. The second kappa shape index (κ2) is 7.79. The molecule has 0 unspecified atom stereocenters. The van der Waals surface area contributed by atoms with Crippen LogP contribution in [0.25, 0.3) is 0 Å². The highest BCUT2D eigenvalue weighted by molar-refractivity contribution is 7.88. The number of imidazole rings is 1. The number of likely N-dealkylation sites (tertiary alicyclic amines) is 1. The molecule has 3 heterocycles. The highest BCUT2D eigenvalue weighted by Gasteiger charge is 2.43. The average Bonchev–Trinajstić information content (AvgIpc) is 3.14. The summed E-state index contributed by atoms with van der Waals surface area (Å²) < 4.78 is 34.5. The van der Waals surface area contributed by atoms with Crippen molar-refractivity contribution in [3.63, 3.8) is 0 Å². The van der Waals surface area contributed by atoms with Crippen molar-refractivity contribution in [2.75, 3.05) is 25.9 Å². The number of hydrogen-bond donors (Lipinski definition) is 0. The summed E-state index contributed by atoms with van der Waals surface area (Å²) in [6, 6.07) is 7.59. The van der Waals surface area contributed by atoms with Gasteiger partial charge in [0.1, 0.15) is 11.4 Å². The predicted molar refractivity (Wildman–Crippen MR) is 108 cm³/mol. The van der Waals surface area contributed by atoms with Gasteiger partial charge in [-0.05, 0) is 6.07 Å². The number of nitrogens with zero attached hydrogens (tertiary/aromatic N) is 4. The fourth-order valence-corrected chi connectivity index (χ4v) is 4.87. The first-order chi connectivity index (χ1) is 13.8. The second-order valence-corrected chi connectivity index (χ2v) is 9.84. The molecule has 0 radical (unpaired) electrons. The van der Waals surface area contributed by atoms with Crippen LogP contribution in [0, 0.1) is 0 Å². The van der Waals surface area contributed by atoms with E-state index in [2.05, 4.69) is 4.98 Å². The molecule has 0 saturated carbocycles.